The number of anilines is 3. The van der Waals surface area contributed by atoms with E-state index in [2.05, 4.69) is 20.9 Å². The topological polar surface area (TPSA) is 120 Å². The number of alkyl halides is 4. The summed E-state index contributed by atoms with van der Waals surface area (Å²) in [6, 6.07) is 7.83. The number of carbonyl (C=O) groups is 4. The molecule has 2 aromatic rings. The third-order valence-electron chi connectivity index (χ3n) is 6.12. The van der Waals surface area contributed by atoms with Crippen molar-refractivity contribution in [2.75, 3.05) is 17.2 Å². The second kappa shape index (κ2) is 9.55. The minimum atomic E-state index is -3.21. The van der Waals surface area contributed by atoms with Crippen molar-refractivity contribution >= 4 is 40.8 Å². The normalized spacial score (nSPS) is 18.3. The molecule has 0 bridgehead atoms. The van der Waals surface area contributed by atoms with Gasteiger partial charge in [-0.2, -0.15) is 8.78 Å². The number of halogens is 4. The number of amides is 4. The van der Waals surface area contributed by atoms with Crippen molar-refractivity contribution in [1.82, 2.24) is 15.2 Å². The standard InChI is InChI=1S/C23H21F4N5O4/c24-17(25)19(34)30-15-2-1-11-28-18(15)29-14-5-3-13(4-6-14)16(33)12-32-20(35)22(31-21(32)36)7-9-23(26,27)10-8-22/h1-6,11,17H,7-10,12H2,(H,28,29)(H,30,34)(H,31,36). The molecule has 13 heteroatoms. The lowest BCUT2D eigenvalue weighted by molar-refractivity contribution is -0.135. The van der Waals surface area contributed by atoms with Crippen molar-refractivity contribution in [3.8, 4) is 0 Å². The van der Waals surface area contributed by atoms with Gasteiger partial charge in [-0.3, -0.25) is 19.3 Å². The molecule has 4 amide bonds. The Labute approximate surface area is 202 Å². The number of hydrogen-bond acceptors (Lipinski definition) is 6. The predicted molar refractivity (Wildman–Crippen MR) is 119 cm³/mol. The summed E-state index contributed by atoms with van der Waals surface area (Å²) in [5, 5.41) is 7.38. The summed E-state index contributed by atoms with van der Waals surface area (Å²) in [6.07, 6.45) is -3.29. The van der Waals surface area contributed by atoms with Gasteiger partial charge in [-0.15, -0.1) is 0 Å². The fraction of sp³-hybridized carbons (Fsp3) is 0.348. The Morgan fingerprint density at radius 2 is 1.72 bits per heavy atom. The molecule has 2 heterocycles. The minimum absolute atomic E-state index is 0.0240. The quantitative estimate of drug-likeness (QED) is 0.299. The summed E-state index contributed by atoms with van der Waals surface area (Å²) in [5.41, 5.74) is -0.803. The van der Waals surface area contributed by atoms with E-state index in [0.29, 0.717) is 5.69 Å². The van der Waals surface area contributed by atoms with E-state index >= 15 is 0 Å². The number of Topliss-reactive ketones (excluding diaryl/α,β-unsaturated/α-hetero) is 1. The highest BCUT2D eigenvalue weighted by atomic mass is 19.3. The van der Waals surface area contributed by atoms with Crippen molar-refractivity contribution in [1.29, 1.82) is 0 Å². The first-order valence-corrected chi connectivity index (χ1v) is 11.0. The van der Waals surface area contributed by atoms with Crippen molar-refractivity contribution < 1.29 is 36.7 Å². The Hall–Kier alpha value is -4.03. The summed E-state index contributed by atoms with van der Waals surface area (Å²) < 4.78 is 52.2. The number of nitrogens with zero attached hydrogens (tertiary/aromatic N) is 2. The van der Waals surface area contributed by atoms with Crippen LogP contribution in [0.3, 0.4) is 0 Å². The van der Waals surface area contributed by atoms with Gasteiger partial charge in [0.05, 0.1) is 12.2 Å². The first kappa shape index (κ1) is 25.1. The summed E-state index contributed by atoms with van der Waals surface area (Å²) >= 11 is 0. The maximum atomic E-state index is 13.5. The number of imide groups is 1. The third-order valence-corrected chi connectivity index (χ3v) is 6.12. The summed E-state index contributed by atoms with van der Waals surface area (Å²) in [5.74, 6) is -5.53. The smallest absolute Gasteiger partial charge is 0.325 e. The number of urea groups is 1. The SMILES string of the molecule is O=C(CN1C(=O)NC2(CCC(F)(F)CC2)C1=O)c1ccc(Nc2ncccc2NC(=O)C(F)F)cc1. The van der Waals surface area contributed by atoms with Crippen LogP contribution in [-0.4, -0.2) is 57.9 Å². The number of ketones is 1. The Morgan fingerprint density at radius 3 is 2.36 bits per heavy atom. The number of pyridine rings is 1. The van der Waals surface area contributed by atoms with Gasteiger partial charge in [0, 0.05) is 30.3 Å². The fourth-order valence-corrected chi connectivity index (χ4v) is 4.11. The van der Waals surface area contributed by atoms with Gasteiger partial charge in [0.15, 0.2) is 11.6 Å². The largest absolute Gasteiger partial charge is 0.338 e. The first-order chi connectivity index (χ1) is 17.0. The number of rotatable bonds is 7. The molecular formula is C23H21F4N5O4. The minimum Gasteiger partial charge on any atom is -0.338 e. The van der Waals surface area contributed by atoms with Crippen molar-refractivity contribution in [2.24, 2.45) is 0 Å². The van der Waals surface area contributed by atoms with Gasteiger partial charge in [0.25, 0.3) is 11.8 Å². The van der Waals surface area contributed by atoms with Crippen molar-refractivity contribution in [2.45, 2.75) is 43.6 Å². The maximum absolute atomic E-state index is 13.5. The van der Waals surface area contributed by atoms with Crippen LogP contribution in [0, 0.1) is 0 Å². The molecule has 1 aliphatic heterocycles. The number of hydrogen-bond donors (Lipinski definition) is 3. The lowest BCUT2D eigenvalue weighted by Crippen LogP contribution is -2.51. The van der Waals surface area contributed by atoms with Gasteiger partial charge in [0.1, 0.15) is 5.54 Å². The number of benzene rings is 1. The van der Waals surface area contributed by atoms with E-state index in [1.165, 1.54) is 42.6 Å². The third kappa shape index (κ3) is 5.14. The van der Waals surface area contributed by atoms with Crippen LogP contribution in [0.2, 0.25) is 0 Å². The van der Waals surface area contributed by atoms with Gasteiger partial charge in [0.2, 0.25) is 5.92 Å². The second-order valence-electron chi connectivity index (χ2n) is 8.57. The first-order valence-electron chi connectivity index (χ1n) is 11.0. The van der Waals surface area contributed by atoms with E-state index in [4.69, 9.17) is 0 Å². The molecular weight excluding hydrogens is 486 g/mol. The molecule has 2 fully saturated rings. The number of aromatic nitrogens is 1. The van der Waals surface area contributed by atoms with Gasteiger partial charge in [-0.1, -0.05) is 0 Å². The van der Waals surface area contributed by atoms with E-state index in [-0.39, 0.29) is 29.9 Å². The number of carbonyl (C=O) groups excluding carboxylic acids is 4. The Balaban J connectivity index is 1.41. The van der Waals surface area contributed by atoms with E-state index in [9.17, 15) is 36.7 Å². The molecule has 3 N–H and O–H groups in total. The molecule has 1 aliphatic carbocycles. The summed E-state index contributed by atoms with van der Waals surface area (Å²) in [6.45, 7) is -0.556. The number of nitrogens with one attached hydrogen (secondary N) is 3. The highest BCUT2D eigenvalue weighted by Gasteiger charge is 2.55. The van der Waals surface area contributed by atoms with Crippen LogP contribution in [0.4, 0.5) is 39.5 Å². The maximum Gasteiger partial charge on any atom is 0.325 e. The average Bonchev–Trinajstić information content (AvgIpc) is 3.07. The molecule has 1 aromatic heterocycles. The lowest BCUT2D eigenvalue weighted by atomic mass is 9.80. The van der Waals surface area contributed by atoms with Crippen LogP contribution in [0.5, 0.6) is 0 Å². The summed E-state index contributed by atoms with van der Waals surface area (Å²) in [4.78, 5) is 54.0. The van der Waals surface area contributed by atoms with Crippen LogP contribution < -0.4 is 16.0 Å². The second-order valence-corrected chi connectivity index (χ2v) is 8.57. The Kier molecular flexibility index (Phi) is 6.65. The molecule has 1 saturated heterocycles. The zero-order valence-corrected chi connectivity index (χ0v) is 18.7. The van der Waals surface area contributed by atoms with Gasteiger partial charge >= 0.3 is 12.5 Å². The molecule has 1 saturated carbocycles. The molecule has 2 aliphatic rings. The highest BCUT2D eigenvalue weighted by molar-refractivity contribution is 6.11. The van der Waals surface area contributed by atoms with Crippen molar-refractivity contribution in [3.05, 3.63) is 48.2 Å². The van der Waals surface area contributed by atoms with Gasteiger partial charge in [-0.05, 0) is 49.2 Å². The zero-order chi connectivity index (χ0) is 26.1. The fourth-order valence-electron chi connectivity index (χ4n) is 4.11. The van der Waals surface area contributed by atoms with Crippen LogP contribution in [0.1, 0.15) is 36.0 Å². The van der Waals surface area contributed by atoms with Crippen LogP contribution in [-0.2, 0) is 9.59 Å². The van der Waals surface area contributed by atoms with E-state index in [1.54, 1.807) is 0 Å². The Morgan fingerprint density at radius 1 is 1.06 bits per heavy atom. The lowest BCUT2D eigenvalue weighted by Gasteiger charge is -2.34. The average molecular weight is 507 g/mol. The van der Waals surface area contributed by atoms with Crippen molar-refractivity contribution in [3.63, 3.8) is 0 Å². The van der Waals surface area contributed by atoms with E-state index in [1.807, 2.05) is 0 Å². The molecule has 0 atom stereocenters. The van der Waals surface area contributed by atoms with Crippen LogP contribution in [0.15, 0.2) is 42.6 Å². The molecule has 9 nitrogen and oxygen atoms in total. The van der Waals surface area contributed by atoms with E-state index < -0.39 is 60.9 Å². The van der Waals surface area contributed by atoms with Crippen LogP contribution >= 0.6 is 0 Å². The van der Waals surface area contributed by atoms with E-state index in [0.717, 1.165) is 4.90 Å². The molecule has 1 spiro atoms. The molecule has 1 aromatic carbocycles. The highest BCUT2D eigenvalue weighted by Crippen LogP contribution is 2.41. The molecule has 190 valence electrons. The Bertz CT molecular complexity index is 1200. The predicted octanol–water partition coefficient (Wildman–Crippen LogP) is 3.71. The van der Waals surface area contributed by atoms with Gasteiger partial charge in [-0.25, -0.2) is 18.6 Å². The molecule has 0 radical (unpaired) electrons. The summed E-state index contributed by atoms with van der Waals surface area (Å²) in [7, 11) is 0. The van der Waals surface area contributed by atoms with Crippen LogP contribution in [0.25, 0.3) is 0 Å². The molecule has 36 heavy (non-hydrogen) atoms. The molecule has 0 unspecified atom stereocenters. The monoisotopic (exact) mass is 507 g/mol. The molecule has 4 rings (SSSR count). The zero-order valence-electron chi connectivity index (χ0n) is 18.7. The van der Waals surface area contributed by atoms with Gasteiger partial charge < -0.3 is 16.0 Å².